The number of amides is 3. The summed E-state index contributed by atoms with van der Waals surface area (Å²) in [6, 6.07) is 17.6. The molecule has 4 aromatic rings. The number of hydrogen-bond donors (Lipinski definition) is 1. The lowest BCUT2D eigenvalue weighted by molar-refractivity contribution is 0.0925. The Balaban J connectivity index is 1.39. The minimum Gasteiger partial charge on any atom is -0.322 e. The predicted octanol–water partition coefficient (Wildman–Crippen LogP) is 5.48. The van der Waals surface area contributed by atoms with E-state index in [1.165, 1.54) is 11.0 Å². The number of anilines is 2. The number of imide groups is 1. The zero-order valence-corrected chi connectivity index (χ0v) is 18.8. The van der Waals surface area contributed by atoms with E-state index in [1.807, 2.05) is 49.6 Å². The Labute approximate surface area is 194 Å². The van der Waals surface area contributed by atoms with Gasteiger partial charge in [0.25, 0.3) is 17.7 Å². The highest BCUT2D eigenvalue weighted by atomic mass is 32.1. The van der Waals surface area contributed by atoms with Gasteiger partial charge in [-0.25, -0.2) is 9.88 Å². The number of rotatable bonds is 4. The van der Waals surface area contributed by atoms with Crippen molar-refractivity contribution in [3.63, 3.8) is 0 Å². The van der Waals surface area contributed by atoms with Crippen molar-refractivity contribution in [3.8, 4) is 10.6 Å². The Morgan fingerprint density at radius 2 is 1.67 bits per heavy atom. The Morgan fingerprint density at radius 1 is 0.909 bits per heavy atom. The van der Waals surface area contributed by atoms with Gasteiger partial charge >= 0.3 is 0 Å². The number of nitrogens with one attached hydrogen (secondary N) is 1. The largest absolute Gasteiger partial charge is 0.322 e. The smallest absolute Gasteiger partial charge is 0.266 e. The second-order valence-corrected chi connectivity index (χ2v) is 8.76. The fraction of sp³-hybridized carbons (Fsp3) is 0.0769. The summed E-state index contributed by atoms with van der Waals surface area (Å²) in [5.41, 5.74) is 4.77. The van der Waals surface area contributed by atoms with Gasteiger partial charge in [-0.1, -0.05) is 12.1 Å². The number of aryl methyl sites for hydroxylation is 2. The van der Waals surface area contributed by atoms with Crippen LogP contribution in [0.2, 0.25) is 0 Å². The molecule has 0 fully saturated rings. The number of hydrogen-bond acceptors (Lipinski definition) is 5. The molecule has 33 heavy (non-hydrogen) atoms. The molecular formula is C26H19N3O3S. The van der Waals surface area contributed by atoms with Crippen molar-refractivity contribution >= 4 is 40.4 Å². The summed E-state index contributed by atoms with van der Waals surface area (Å²) in [6.07, 6.45) is 1.75. The molecule has 2 heterocycles. The highest BCUT2D eigenvalue weighted by molar-refractivity contribution is 7.13. The van der Waals surface area contributed by atoms with E-state index in [9.17, 15) is 14.4 Å². The van der Waals surface area contributed by atoms with Crippen molar-refractivity contribution in [3.05, 3.63) is 100 Å². The molecule has 0 radical (unpaired) electrons. The van der Waals surface area contributed by atoms with Crippen LogP contribution < -0.4 is 10.2 Å². The number of aromatic nitrogens is 1. The standard InChI is InChI=1S/C26H19N3O3S/c1-15-3-4-16(2)22(13-15)29-25(31)20-10-7-18(14-21(20)26(29)32)23(30)28-19-8-5-17(6-9-19)24-27-11-12-33-24/h3-14H,1-2H3,(H,28,30). The van der Waals surface area contributed by atoms with Gasteiger partial charge in [0.15, 0.2) is 0 Å². The van der Waals surface area contributed by atoms with Gasteiger partial charge in [-0.3, -0.25) is 14.4 Å². The zero-order chi connectivity index (χ0) is 23.1. The maximum Gasteiger partial charge on any atom is 0.266 e. The van der Waals surface area contributed by atoms with Crippen molar-refractivity contribution in [1.82, 2.24) is 4.98 Å². The SMILES string of the molecule is Cc1ccc(C)c(N2C(=O)c3ccc(C(=O)Nc4ccc(-c5nccs5)cc4)cc3C2=O)c1. The van der Waals surface area contributed by atoms with E-state index in [-0.39, 0.29) is 17.4 Å². The summed E-state index contributed by atoms with van der Waals surface area (Å²) in [4.78, 5) is 44.4. The molecule has 7 heteroatoms. The molecular weight excluding hydrogens is 434 g/mol. The van der Waals surface area contributed by atoms with Gasteiger partial charge in [-0.2, -0.15) is 0 Å². The third-order valence-electron chi connectivity index (χ3n) is 5.58. The van der Waals surface area contributed by atoms with Gasteiger partial charge < -0.3 is 5.32 Å². The lowest BCUT2D eigenvalue weighted by Gasteiger charge is -2.17. The monoisotopic (exact) mass is 453 g/mol. The van der Waals surface area contributed by atoms with E-state index in [1.54, 1.807) is 41.8 Å². The van der Waals surface area contributed by atoms with E-state index in [2.05, 4.69) is 10.3 Å². The Morgan fingerprint density at radius 3 is 2.39 bits per heavy atom. The fourth-order valence-corrected chi connectivity index (χ4v) is 4.47. The molecule has 162 valence electrons. The first-order valence-corrected chi connectivity index (χ1v) is 11.2. The van der Waals surface area contributed by atoms with Gasteiger partial charge in [0, 0.05) is 28.4 Å². The van der Waals surface area contributed by atoms with Crippen LogP contribution in [0.5, 0.6) is 0 Å². The zero-order valence-electron chi connectivity index (χ0n) is 18.0. The van der Waals surface area contributed by atoms with E-state index >= 15 is 0 Å². The molecule has 0 atom stereocenters. The molecule has 0 spiro atoms. The first kappa shape index (κ1) is 20.8. The molecule has 1 aliphatic rings. The number of benzene rings is 3. The molecule has 0 unspecified atom stereocenters. The second-order valence-electron chi connectivity index (χ2n) is 7.86. The molecule has 0 saturated heterocycles. The quantitative estimate of drug-likeness (QED) is 0.415. The maximum absolute atomic E-state index is 13.1. The van der Waals surface area contributed by atoms with Crippen LogP contribution in [0.15, 0.2) is 72.2 Å². The molecule has 0 bridgehead atoms. The average molecular weight is 454 g/mol. The number of fused-ring (bicyclic) bond motifs is 1. The van der Waals surface area contributed by atoms with Crippen LogP contribution in [-0.4, -0.2) is 22.7 Å². The van der Waals surface area contributed by atoms with Crippen LogP contribution in [0.3, 0.4) is 0 Å². The lowest BCUT2D eigenvalue weighted by Crippen LogP contribution is -2.30. The van der Waals surface area contributed by atoms with E-state index in [0.29, 0.717) is 22.5 Å². The highest BCUT2D eigenvalue weighted by Crippen LogP contribution is 2.32. The van der Waals surface area contributed by atoms with Crippen molar-refractivity contribution in [2.24, 2.45) is 0 Å². The fourth-order valence-electron chi connectivity index (χ4n) is 3.83. The third kappa shape index (κ3) is 3.72. The van der Waals surface area contributed by atoms with Gasteiger partial charge in [-0.15, -0.1) is 11.3 Å². The molecule has 6 nitrogen and oxygen atoms in total. The highest BCUT2D eigenvalue weighted by Gasteiger charge is 2.37. The summed E-state index contributed by atoms with van der Waals surface area (Å²) in [7, 11) is 0. The molecule has 1 aromatic heterocycles. The number of nitrogens with zero attached hydrogens (tertiary/aromatic N) is 2. The maximum atomic E-state index is 13.1. The molecule has 5 rings (SSSR count). The van der Waals surface area contributed by atoms with Crippen molar-refractivity contribution in [2.75, 3.05) is 10.2 Å². The molecule has 0 saturated carbocycles. The summed E-state index contributed by atoms with van der Waals surface area (Å²) < 4.78 is 0. The second kappa shape index (κ2) is 8.11. The van der Waals surface area contributed by atoms with Gasteiger partial charge in [0.05, 0.1) is 16.8 Å². The lowest BCUT2D eigenvalue weighted by atomic mass is 10.1. The summed E-state index contributed by atoms with van der Waals surface area (Å²) in [5, 5.41) is 5.66. The van der Waals surface area contributed by atoms with Crippen LogP contribution in [0.4, 0.5) is 11.4 Å². The van der Waals surface area contributed by atoms with Gasteiger partial charge in [-0.05, 0) is 73.5 Å². The average Bonchev–Trinajstić information content (AvgIpc) is 3.43. The molecule has 0 aliphatic carbocycles. The Hall–Kier alpha value is -4.10. The van der Waals surface area contributed by atoms with Crippen LogP contribution in [0.25, 0.3) is 10.6 Å². The molecule has 3 aromatic carbocycles. The van der Waals surface area contributed by atoms with Gasteiger partial charge in [0.1, 0.15) is 5.01 Å². The van der Waals surface area contributed by atoms with Crippen molar-refractivity contribution in [1.29, 1.82) is 0 Å². The van der Waals surface area contributed by atoms with E-state index < -0.39 is 5.91 Å². The minimum absolute atomic E-state index is 0.229. The van der Waals surface area contributed by atoms with Crippen molar-refractivity contribution < 1.29 is 14.4 Å². The Kier molecular flexibility index (Phi) is 5.11. The molecule has 1 aliphatic heterocycles. The van der Waals surface area contributed by atoms with Crippen molar-refractivity contribution in [2.45, 2.75) is 13.8 Å². The summed E-state index contributed by atoms with van der Waals surface area (Å²) >= 11 is 1.54. The predicted molar refractivity (Wildman–Crippen MR) is 129 cm³/mol. The topological polar surface area (TPSA) is 79.4 Å². The van der Waals surface area contributed by atoms with Crippen LogP contribution in [0, 0.1) is 13.8 Å². The normalized spacial score (nSPS) is 12.7. The number of carbonyl (C=O) groups is 3. The van der Waals surface area contributed by atoms with Crippen LogP contribution in [0.1, 0.15) is 42.2 Å². The minimum atomic E-state index is -0.425. The summed E-state index contributed by atoms with van der Waals surface area (Å²) in [5.74, 6) is -1.16. The Bertz CT molecular complexity index is 1410. The van der Waals surface area contributed by atoms with Crippen LogP contribution >= 0.6 is 11.3 Å². The third-order valence-corrected chi connectivity index (χ3v) is 6.40. The number of thiazole rings is 1. The summed E-state index contributed by atoms with van der Waals surface area (Å²) in [6.45, 7) is 3.77. The van der Waals surface area contributed by atoms with Gasteiger partial charge in [0.2, 0.25) is 0 Å². The van der Waals surface area contributed by atoms with E-state index in [0.717, 1.165) is 21.7 Å². The molecule has 1 N–H and O–H groups in total. The molecule has 3 amide bonds. The first-order chi connectivity index (χ1) is 15.9. The number of carbonyl (C=O) groups excluding carboxylic acids is 3. The first-order valence-electron chi connectivity index (χ1n) is 10.3. The van der Waals surface area contributed by atoms with Crippen LogP contribution in [-0.2, 0) is 0 Å². The van der Waals surface area contributed by atoms with E-state index in [4.69, 9.17) is 0 Å².